The molecular weight excluding hydrogens is 252 g/mol. The van der Waals surface area contributed by atoms with Crippen LogP contribution in [0, 0.1) is 0 Å². The molecule has 0 aromatic heterocycles. The van der Waals surface area contributed by atoms with Gasteiger partial charge in [-0.25, -0.2) is 4.79 Å². The van der Waals surface area contributed by atoms with Crippen molar-refractivity contribution in [2.45, 2.75) is 39.4 Å². The van der Waals surface area contributed by atoms with Gasteiger partial charge in [-0.3, -0.25) is 0 Å². The van der Waals surface area contributed by atoms with Gasteiger partial charge in [0.05, 0.1) is 15.2 Å². The number of rotatable bonds is 5. The number of benzene rings is 1. The van der Waals surface area contributed by atoms with Crippen LogP contribution in [0.5, 0.6) is 0 Å². The van der Waals surface area contributed by atoms with Gasteiger partial charge in [0.25, 0.3) is 0 Å². The lowest BCUT2D eigenvalue weighted by atomic mass is 10.1. The number of methoxy groups -OCH3 is 1. The van der Waals surface area contributed by atoms with Crippen LogP contribution in [0.4, 0.5) is 0 Å². The number of ether oxygens (including phenoxy) is 1. The highest BCUT2D eigenvalue weighted by atomic mass is 28.3. The van der Waals surface area contributed by atoms with Gasteiger partial charge in [0.2, 0.25) is 0 Å². The maximum Gasteiger partial charge on any atom is 0.329 e. The minimum atomic E-state index is -1.67. The van der Waals surface area contributed by atoms with Crippen molar-refractivity contribution in [3.63, 3.8) is 0 Å². The summed E-state index contributed by atoms with van der Waals surface area (Å²) in [5, 5.41) is 0.936. The second-order valence-electron chi connectivity index (χ2n) is 5.88. The highest BCUT2D eigenvalue weighted by molar-refractivity contribution is 6.87. The molecule has 1 aromatic rings. The Morgan fingerprint density at radius 3 is 2.21 bits per heavy atom. The van der Waals surface area contributed by atoms with E-state index in [9.17, 15) is 4.79 Å². The normalized spacial score (nSPS) is 12.9. The van der Waals surface area contributed by atoms with Crippen LogP contribution in [-0.4, -0.2) is 21.2 Å². The molecule has 0 heterocycles. The lowest BCUT2D eigenvalue weighted by molar-refractivity contribution is -0.135. The van der Waals surface area contributed by atoms with Crippen LogP contribution in [0.15, 0.2) is 41.1 Å². The third kappa shape index (κ3) is 4.67. The summed E-state index contributed by atoms with van der Waals surface area (Å²) in [7, 11) is -0.202. The van der Waals surface area contributed by atoms with E-state index in [4.69, 9.17) is 4.74 Å². The molecule has 0 unspecified atom stereocenters. The van der Waals surface area contributed by atoms with E-state index >= 15 is 0 Å². The highest BCUT2D eigenvalue weighted by Gasteiger charge is 2.28. The summed E-state index contributed by atoms with van der Waals surface area (Å²) in [4.78, 5) is 12.0. The van der Waals surface area contributed by atoms with Crippen molar-refractivity contribution in [3.8, 4) is 0 Å². The largest absolute Gasteiger partial charge is 0.466 e. The van der Waals surface area contributed by atoms with E-state index in [0.29, 0.717) is 0 Å². The predicted octanol–water partition coefficient (Wildman–Crippen LogP) is 3.99. The molecule has 0 amide bonds. The Morgan fingerprint density at radius 1 is 1.16 bits per heavy atom. The molecular formula is C16H24O2Si. The molecule has 0 aliphatic carbocycles. The lowest BCUT2D eigenvalue weighted by Gasteiger charge is -2.22. The standard InChI is InChI=1S/C16H24O2Si/c1-13(11-12-14-9-7-6-8-10-14)15(16(17)18-2)19(3,4)5/h6-10H,11-12H2,1-5H3/b15-13-. The first kappa shape index (κ1) is 15.7. The summed E-state index contributed by atoms with van der Waals surface area (Å²) in [5.74, 6) is -0.148. The van der Waals surface area contributed by atoms with Gasteiger partial charge in [0.15, 0.2) is 0 Å². The van der Waals surface area contributed by atoms with E-state index in [1.807, 2.05) is 18.2 Å². The van der Waals surface area contributed by atoms with Crippen LogP contribution in [0.3, 0.4) is 0 Å². The van der Waals surface area contributed by atoms with Gasteiger partial charge in [-0.2, -0.15) is 0 Å². The minimum Gasteiger partial charge on any atom is -0.466 e. The number of aryl methyl sites for hydroxylation is 1. The summed E-state index contributed by atoms with van der Waals surface area (Å²) in [6.07, 6.45) is 1.89. The van der Waals surface area contributed by atoms with Crippen LogP contribution in [-0.2, 0) is 16.0 Å². The Morgan fingerprint density at radius 2 is 1.74 bits per heavy atom. The van der Waals surface area contributed by atoms with Crippen LogP contribution in [0.2, 0.25) is 19.6 Å². The molecule has 0 N–H and O–H groups in total. The first-order chi connectivity index (χ1) is 8.86. The quantitative estimate of drug-likeness (QED) is 0.462. The first-order valence-corrected chi connectivity index (χ1v) is 10.2. The van der Waals surface area contributed by atoms with Gasteiger partial charge in [0.1, 0.15) is 0 Å². The second-order valence-corrected chi connectivity index (χ2v) is 10.9. The van der Waals surface area contributed by atoms with Crippen LogP contribution < -0.4 is 0 Å². The van der Waals surface area contributed by atoms with Gasteiger partial charge in [-0.1, -0.05) is 55.5 Å². The third-order valence-corrected chi connectivity index (χ3v) is 5.33. The van der Waals surface area contributed by atoms with E-state index in [2.05, 4.69) is 38.7 Å². The van der Waals surface area contributed by atoms with Gasteiger partial charge < -0.3 is 4.74 Å². The van der Waals surface area contributed by atoms with E-state index in [1.54, 1.807) is 0 Å². The van der Waals surface area contributed by atoms with Crippen LogP contribution in [0.25, 0.3) is 0 Å². The van der Waals surface area contributed by atoms with Crippen molar-refractivity contribution < 1.29 is 9.53 Å². The number of esters is 1. The summed E-state index contributed by atoms with van der Waals surface area (Å²) in [6.45, 7) is 8.62. The van der Waals surface area contributed by atoms with E-state index in [-0.39, 0.29) is 5.97 Å². The van der Waals surface area contributed by atoms with Gasteiger partial charge in [-0.05, 0) is 25.3 Å². The Bertz CT molecular complexity index is 455. The van der Waals surface area contributed by atoms with Crippen molar-refractivity contribution in [2.24, 2.45) is 0 Å². The van der Waals surface area contributed by atoms with Crippen molar-refractivity contribution in [1.29, 1.82) is 0 Å². The van der Waals surface area contributed by atoms with Crippen molar-refractivity contribution >= 4 is 14.0 Å². The number of carbonyl (C=O) groups is 1. The Kier molecular flexibility index (Phi) is 5.55. The maximum absolute atomic E-state index is 12.0. The molecule has 2 nitrogen and oxygen atoms in total. The van der Waals surface area contributed by atoms with Gasteiger partial charge in [-0.15, -0.1) is 0 Å². The molecule has 3 heteroatoms. The molecule has 0 saturated heterocycles. The minimum absolute atomic E-state index is 0.148. The molecule has 0 radical (unpaired) electrons. The molecule has 1 rings (SSSR count). The predicted molar refractivity (Wildman–Crippen MR) is 82.8 cm³/mol. The number of hydrogen-bond donors (Lipinski definition) is 0. The van der Waals surface area contributed by atoms with E-state index < -0.39 is 8.07 Å². The zero-order valence-corrected chi connectivity index (χ0v) is 13.6. The fourth-order valence-corrected chi connectivity index (χ4v) is 4.44. The van der Waals surface area contributed by atoms with Crippen molar-refractivity contribution in [1.82, 2.24) is 0 Å². The fraction of sp³-hybridized carbons (Fsp3) is 0.438. The molecule has 0 spiro atoms. The van der Waals surface area contributed by atoms with E-state index in [0.717, 1.165) is 18.0 Å². The highest BCUT2D eigenvalue weighted by Crippen LogP contribution is 2.23. The molecule has 0 aliphatic rings. The average Bonchev–Trinajstić information content (AvgIpc) is 2.36. The number of carbonyl (C=O) groups excluding carboxylic acids is 1. The molecule has 0 atom stereocenters. The Hall–Kier alpha value is -1.35. The molecule has 0 aliphatic heterocycles. The SMILES string of the molecule is COC(=O)/C(=C(\C)CCc1ccccc1)[Si](C)(C)C. The molecule has 0 saturated carbocycles. The van der Waals surface area contributed by atoms with Gasteiger partial charge in [0, 0.05) is 5.20 Å². The summed E-state index contributed by atoms with van der Waals surface area (Å²) in [5.41, 5.74) is 2.48. The molecule has 0 bridgehead atoms. The van der Waals surface area contributed by atoms with Crippen LogP contribution >= 0.6 is 0 Å². The second kappa shape index (κ2) is 6.71. The zero-order valence-electron chi connectivity index (χ0n) is 12.6. The zero-order chi connectivity index (χ0) is 14.5. The first-order valence-electron chi connectivity index (χ1n) is 6.68. The Labute approximate surface area is 117 Å². The molecule has 1 aromatic carbocycles. The van der Waals surface area contributed by atoms with Gasteiger partial charge >= 0.3 is 5.97 Å². The number of hydrogen-bond acceptors (Lipinski definition) is 2. The number of allylic oxidation sites excluding steroid dienone is 1. The summed E-state index contributed by atoms with van der Waals surface area (Å²) in [6, 6.07) is 10.4. The molecule has 19 heavy (non-hydrogen) atoms. The fourth-order valence-electron chi connectivity index (χ4n) is 2.32. The van der Waals surface area contributed by atoms with Crippen molar-refractivity contribution in [2.75, 3.05) is 7.11 Å². The third-order valence-electron chi connectivity index (χ3n) is 3.20. The maximum atomic E-state index is 12.0. The topological polar surface area (TPSA) is 26.3 Å². The summed E-state index contributed by atoms with van der Waals surface area (Å²) >= 11 is 0. The average molecular weight is 276 g/mol. The molecule has 0 fully saturated rings. The smallest absolute Gasteiger partial charge is 0.329 e. The molecule has 104 valence electrons. The summed E-state index contributed by atoms with van der Waals surface area (Å²) < 4.78 is 4.95. The Balaban J connectivity index is 2.88. The van der Waals surface area contributed by atoms with Crippen molar-refractivity contribution in [3.05, 3.63) is 46.7 Å². The lowest BCUT2D eigenvalue weighted by Crippen LogP contribution is -2.31. The monoisotopic (exact) mass is 276 g/mol. The van der Waals surface area contributed by atoms with E-state index in [1.165, 1.54) is 18.2 Å². The van der Waals surface area contributed by atoms with Crippen LogP contribution in [0.1, 0.15) is 18.9 Å².